The van der Waals surface area contributed by atoms with E-state index >= 15 is 0 Å². The number of aliphatic hydroxyl groups is 2. The van der Waals surface area contributed by atoms with E-state index in [0.29, 0.717) is 6.42 Å². The van der Waals surface area contributed by atoms with Crippen LogP contribution in [0.5, 0.6) is 0 Å². The van der Waals surface area contributed by atoms with Gasteiger partial charge in [-0.2, -0.15) is 12.6 Å². The average Bonchev–Trinajstić information content (AvgIpc) is 2.57. The summed E-state index contributed by atoms with van der Waals surface area (Å²) in [5.41, 5.74) is -0.536. The number of halogens is 2. The van der Waals surface area contributed by atoms with Gasteiger partial charge in [-0.25, -0.2) is 8.78 Å². The normalized spacial score (nSPS) is 25.0. The third kappa shape index (κ3) is 5.16. The first kappa shape index (κ1) is 21.1. The van der Waals surface area contributed by atoms with Crippen LogP contribution in [0.3, 0.4) is 0 Å². The summed E-state index contributed by atoms with van der Waals surface area (Å²) in [5, 5.41) is 33.8. The Bertz CT molecular complexity index is 645. The minimum absolute atomic E-state index is 0.0605. The first-order valence-corrected chi connectivity index (χ1v) is 9.21. The molecule has 0 saturated heterocycles. The maximum Gasteiger partial charge on any atom is 0.149 e. The van der Waals surface area contributed by atoms with Crippen molar-refractivity contribution in [3.8, 4) is 0 Å². The molecule has 0 heterocycles. The zero-order chi connectivity index (χ0) is 19.5. The number of benzene rings is 1. The van der Waals surface area contributed by atoms with Gasteiger partial charge in [0.15, 0.2) is 0 Å². The fourth-order valence-corrected chi connectivity index (χ4v) is 3.67. The monoisotopic (exact) mass is 387 g/mol. The van der Waals surface area contributed by atoms with Gasteiger partial charge in [0.1, 0.15) is 17.9 Å². The molecule has 0 aliphatic heterocycles. The minimum Gasteiger partial charge on any atom is -0.394 e. The first-order chi connectivity index (χ1) is 12.1. The molecule has 5 nitrogen and oxygen atoms in total. The molecule has 1 fully saturated rings. The predicted molar refractivity (Wildman–Crippen MR) is 102 cm³/mol. The lowest BCUT2D eigenvalue weighted by atomic mass is 9.80. The maximum atomic E-state index is 14.0. The van der Waals surface area contributed by atoms with Gasteiger partial charge in [0.2, 0.25) is 0 Å². The van der Waals surface area contributed by atoms with Crippen molar-refractivity contribution >= 4 is 24.0 Å². The Morgan fingerprint density at radius 1 is 1.38 bits per heavy atom. The zero-order valence-corrected chi connectivity index (χ0v) is 15.9. The largest absolute Gasteiger partial charge is 0.394 e. The third-order valence-corrected chi connectivity index (χ3v) is 5.31. The van der Waals surface area contributed by atoms with Crippen molar-refractivity contribution in [3.05, 3.63) is 29.8 Å². The van der Waals surface area contributed by atoms with Crippen LogP contribution < -0.4 is 10.6 Å². The molecule has 2 rings (SSSR count). The summed E-state index contributed by atoms with van der Waals surface area (Å²) < 4.78 is 27.1. The fraction of sp³-hybridized carbons (Fsp3) is 0.611. The lowest BCUT2D eigenvalue weighted by molar-refractivity contribution is 0.110. The second-order valence-corrected chi connectivity index (χ2v) is 8.11. The highest BCUT2D eigenvalue weighted by Crippen LogP contribution is 2.33. The number of hydrogen-bond donors (Lipinski definition) is 6. The molecule has 0 spiro atoms. The predicted octanol–water partition coefficient (Wildman–Crippen LogP) is 2.54. The molecule has 5 N–H and O–H groups in total. The highest BCUT2D eigenvalue weighted by atomic mass is 32.1. The highest BCUT2D eigenvalue weighted by Gasteiger charge is 2.37. The summed E-state index contributed by atoms with van der Waals surface area (Å²) in [6.45, 7) is 3.24. The Balaban J connectivity index is 2.17. The Hall–Kier alpha value is -1.22. The standard InChI is InChI=1S/C18H27F2N3O2S/c1-18(2,9-24)23-17(25)15(21)11-4-3-5-14(26)16(11)22-13-7-6-10(19)8-12(13)20/h6-8,11,14,16-17,21-26H,3-5,9H2,1-2H3. The van der Waals surface area contributed by atoms with Gasteiger partial charge < -0.3 is 20.9 Å². The van der Waals surface area contributed by atoms with Gasteiger partial charge in [-0.15, -0.1) is 0 Å². The molecule has 8 heteroatoms. The van der Waals surface area contributed by atoms with Crippen LogP contribution in [0, 0.1) is 23.0 Å². The molecular weight excluding hydrogens is 360 g/mol. The van der Waals surface area contributed by atoms with Gasteiger partial charge in [-0.05, 0) is 38.8 Å². The van der Waals surface area contributed by atoms with Crippen molar-refractivity contribution in [2.75, 3.05) is 11.9 Å². The molecule has 0 radical (unpaired) electrons. The number of hydrogen-bond acceptors (Lipinski definition) is 6. The maximum absolute atomic E-state index is 14.0. The number of nitrogens with one attached hydrogen (secondary N) is 3. The molecule has 1 aliphatic rings. The van der Waals surface area contributed by atoms with E-state index in [4.69, 9.17) is 5.41 Å². The summed E-state index contributed by atoms with van der Waals surface area (Å²) in [5.74, 6) is -1.73. The Kier molecular flexibility index (Phi) is 7.01. The van der Waals surface area contributed by atoms with Crippen LogP contribution in [-0.4, -0.2) is 45.6 Å². The Morgan fingerprint density at radius 2 is 2.08 bits per heavy atom. The van der Waals surface area contributed by atoms with E-state index in [9.17, 15) is 19.0 Å². The summed E-state index contributed by atoms with van der Waals surface area (Å²) in [6.07, 6.45) is 1.04. The van der Waals surface area contributed by atoms with Crippen LogP contribution in [0.25, 0.3) is 0 Å². The molecule has 1 aromatic carbocycles. The van der Waals surface area contributed by atoms with Crippen molar-refractivity contribution in [1.29, 1.82) is 5.41 Å². The van der Waals surface area contributed by atoms with Gasteiger partial charge in [0.25, 0.3) is 0 Å². The van der Waals surface area contributed by atoms with E-state index in [0.717, 1.165) is 18.9 Å². The summed E-state index contributed by atoms with van der Waals surface area (Å²) in [4.78, 5) is 0. The highest BCUT2D eigenvalue weighted by molar-refractivity contribution is 7.81. The molecule has 1 saturated carbocycles. The lowest BCUT2D eigenvalue weighted by Gasteiger charge is -2.39. The minimum atomic E-state index is -1.23. The summed E-state index contributed by atoms with van der Waals surface area (Å²) in [7, 11) is 0. The van der Waals surface area contributed by atoms with E-state index in [1.165, 1.54) is 12.1 Å². The van der Waals surface area contributed by atoms with Crippen molar-refractivity contribution < 1.29 is 19.0 Å². The quantitative estimate of drug-likeness (QED) is 0.247. The van der Waals surface area contributed by atoms with E-state index in [2.05, 4.69) is 23.3 Å². The smallest absolute Gasteiger partial charge is 0.149 e. The molecule has 0 bridgehead atoms. The SMILES string of the molecule is CC(C)(CO)NC(O)C(=N)C1CCCC(S)C1Nc1ccc(F)cc1F. The van der Waals surface area contributed by atoms with Crippen LogP contribution in [0.15, 0.2) is 18.2 Å². The Morgan fingerprint density at radius 3 is 2.69 bits per heavy atom. The molecule has 4 atom stereocenters. The van der Waals surface area contributed by atoms with E-state index in [-0.39, 0.29) is 35.2 Å². The molecular formula is C18H27F2N3O2S. The second kappa shape index (κ2) is 8.65. The fourth-order valence-electron chi connectivity index (χ4n) is 3.20. The zero-order valence-electron chi connectivity index (χ0n) is 15.0. The van der Waals surface area contributed by atoms with Crippen LogP contribution >= 0.6 is 12.6 Å². The van der Waals surface area contributed by atoms with Crippen molar-refractivity contribution in [1.82, 2.24) is 5.32 Å². The molecule has 0 aromatic heterocycles. The average molecular weight is 387 g/mol. The van der Waals surface area contributed by atoms with Gasteiger partial charge >= 0.3 is 0 Å². The molecule has 1 aromatic rings. The van der Waals surface area contributed by atoms with E-state index in [1.807, 2.05) is 0 Å². The van der Waals surface area contributed by atoms with Crippen molar-refractivity contribution in [3.63, 3.8) is 0 Å². The molecule has 26 heavy (non-hydrogen) atoms. The number of anilines is 1. The van der Waals surface area contributed by atoms with Crippen LogP contribution in [0.4, 0.5) is 14.5 Å². The van der Waals surface area contributed by atoms with Gasteiger partial charge in [-0.3, -0.25) is 5.32 Å². The molecule has 146 valence electrons. The van der Waals surface area contributed by atoms with Gasteiger partial charge in [-0.1, -0.05) is 6.42 Å². The van der Waals surface area contributed by atoms with Crippen LogP contribution in [0.2, 0.25) is 0 Å². The van der Waals surface area contributed by atoms with Crippen molar-refractivity contribution in [2.24, 2.45) is 5.92 Å². The number of thiol groups is 1. The summed E-state index contributed by atoms with van der Waals surface area (Å²) >= 11 is 4.57. The van der Waals surface area contributed by atoms with Crippen molar-refractivity contribution in [2.45, 2.75) is 56.2 Å². The first-order valence-electron chi connectivity index (χ1n) is 8.69. The number of rotatable bonds is 7. The topological polar surface area (TPSA) is 88.4 Å². The lowest BCUT2D eigenvalue weighted by Crippen LogP contribution is -2.55. The third-order valence-electron chi connectivity index (χ3n) is 4.73. The molecule has 0 amide bonds. The van der Waals surface area contributed by atoms with Crippen LogP contribution in [-0.2, 0) is 0 Å². The number of aliphatic hydroxyl groups excluding tert-OH is 2. The van der Waals surface area contributed by atoms with E-state index in [1.54, 1.807) is 13.8 Å². The van der Waals surface area contributed by atoms with Gasteiger partial charge in [0.05, 0.1) is 18.0 Å². The molecule has 4 unspecified atom stereocenters. The van der Waals surface area contributed by atoms with Gasteiger partial charge in [0, 0.05) is 28.8 Å². The molecule has 1 aliphatic carbocycles. The summed E-state index contributed by atoms with van der Waals surface area (Å²) in [6, 6.07) is 2.92. The second-order valence-electron chi connectivity index (χ2n) is 7.44. The van der Waals surface area contributed by atoms with Crippen LogP contribution in [0.1, 0.15) is 33.1 Å². The van der Waals surface area contributed by atoms with E-state index < -0.39 is 23.4 Å². The Labute approximate surface area is 158 Å².